The molecule has 0 radical (unpaired) electrons. The Labute approximate surface area is 221 Å². The molecule has 3 aromatic carbocycles. The Hall–Kier alpha value is -3.18. The first-order valence-electron chi connectivity index (χ1n) is 13.8. The van der Waals surface area contributed by atoms with E-state index in [1.54, 1.807) is 7.11 Å². The van der Waals surface area contributed by atoms with E-state index in [0.717, 1.165) is 49.6 Å². The van der Waals surface area contributed by atoms with Crippen LogP contribution in [-0.4, -0.2) is 43.4 Å². The Morgan fingerprint density at radius 2 is 1.68 bits per heavy atom. The van der Waals surface area contributed by atoms with Crippen LogP contribution in [0.15, 0.2) is 60.7 Å². The van der Waals surface area contributed by atoms with Crippen LogP contribution in [0.5, 0.6) is 17.2 Å². The zero-order valence-electron chi connectivity index (χ0n) is 22.0. The number of phenols is 1. The number of fused-ring (bicyclic) bond motifs is 1. The van der Waals surface area contributed by atoms with Crippen LogP contribution in [0, 0.1) is 0 Å². The summed E-state index contributed by atoms with van der Waals surface area (Å²) in [6.07, 6.45) is 8.47. The lowest BCUT2D eigenvalue weighted by Gasteiger charge is -2.27. The van der Waals surface area contributed by atoms with Crippen LogP contribution < -0.4 is 14.8 Å². The number of anilines is 1. The van der Waals surface area contributed by atoms with E-state index in [9.17, 15) is 5.11 Å². The van der Waals surface area contributed by atoms with E-state index in [-0.39, 0.29) is 0 Å². The van der Waals surface area contributed by atoms with E-state index in [2.05, 4.69) is 58.7 Å². The molecule has 1 atom stereocenters. The number of rotatable bonds is 9. The van der Waals surface area contributed by atoms with Gasteiger partial charge in [-0.25, -0.2) is 0 Å². The minimum absolute atomic E-state index is 0.292. The van der Waals surface area contributed by atoms with Crippen molar-refractivity contribution < 1.29 is 14.6 Å². The van der Waals surface area contributed by atoms with Crippen molar-refractivity contribution >= 4 is 5.69 Å². The Kier molecular flexibility index (Phi) is 8.52. The molecule has 0 amide bonds. The van der Waals surface area contributed by atoms with Crippen molar-refractivity contribution in [3.63, 3.8) is 0 Å². The second-order valence-corrected chi connectivity index (χ2v) is 10.4. The third-order valence-electron chi connectivity index (χ3n) is 7.90. The molecular weight excluding hydrogens is 460 g/mol. The summed E-state index contributed by atoms with van der Waals surface area (Å²) in [6, 6.07) is 20.6. The third kappa shape index (κ3) is 6.78. The fraction of sp³-hybridized carbons (Fsp3) is 0.438. The van der Waals surface area contributed by atoms with Gasteiger partial charge in [0.05, 0.1) is 7.11 Å². The van der Waals surface area contributed by atoms with E-state index >= 15 is 0 Å². The van der Waals surface area contributed by atoms with Crippen LogP contribution in [0.4, 0.5) is 5.69 Å². The molecule has 5 nitrogen and oxygen atoms in total. The summed E-state index contributed by atoms with van der Waals surface area (Å²) < 4.78 is 11.4. The monoisotopic (exact) mass is 500 g/mol. The van der Waals surface area contributed by atoms with Crippen molar-refractivity contribution in [1.82, 2.24) is 4.90 Å². The maximum Gasteiger partial charge on any atom is 0.119 e. The quantitative estimate of drug-likeness (QED) is 0.349. The summed E-state index contributed by atoms with van der Waals surface area (Å²) >= 11 is 0. The number of ether oxygens (including phenoxy) is 2. The molecule has 196 valence electrons. The molecule has 1 aliphatic heterocycles. The van der Waals surface area contributed by atoms with Gasteiger partial charge in [-0.2, -0.15) is 0 Å². The highest BCUT2D eigenvalue weighted by molar-refractivity contribution is 5.57. The van der Waals surface area contributed by atoms with Gasteiger partial charge in [-0.15, -0.1) is 0 Å². The summed E-state index contributed by atoms with van der Waals surface area (Å²) in [6.45, 7) is 4.84. The fourth-order valence-electron chi connectivity index (χ4n) is 5.73. The Bertz CT molecular complexity index is 1150. The number of methoxy groups -OCH3 is 1. The van der Waals surface area contributed by atoms with E-state index in [0.29, 0.717) is 18.2 Å². The number of hydrogen-bond donors (Lipinski definition) is 2. The highest BCUT2D eigenvalue weighted by Gasteiger charge is 2.23. The summed E-state index contributed by atoms with van der Waals surface area (Å²) in [5.74, 6) is 2.57. The molecule has 1 heterocycles. The summed E-state index contributed by atoms with van der Waals surface area (Å²) in [5, 5.41) is 13.8. The second-order valence-electron chi connectivity index (χ2n) is 10.4. The standard InChI is InChI=1S/C32H40N2O3/c1-36-30-14-10-25-20-27(9-8-26(25)21-30)31-15-11-28(35)22-32(31)33-23-24-6-12-29(13-7-24)37-19-18-34-16-4-2-3-5-17-34/h6-7,10-15,21-22,27,33,35H,2-5,8-9,16-20,23H2,1H3. The normalized spacial score (nSPS) is 18.0. The average Bonchev–Trinajstić information content (AvgIpc) is 3.21. The lowest BCUT2D eigenvalue weighted by molar-refractivity contribution is 0.214. The molecule has 2 N–H and O–H groups in total. The smallest absolute Gasteiger partial charge is 0.119 e. The van der Waals surface area contributed by atoms with Crippen LogP contribution in [0.1, 0.15) is 60.3 Å². The van der Waals surface area contributed by atoms with Gasteiger partial charge in [0.2, 0.25) is 0 Å². The molecular formula is C32H40N2O3. The number of nitrogens with one attached hydrogen (secondary N) is 1. The Morgan fingerprint density at radius 3 is 2.46 bits per heavy atom. The van der Waals surface area contributed by atoms with E-state index in [4.69, 9.17) is 9.47 Å². The lowest BCUT2D eigenvalue weighted by atomic mass is 9.79. The number of nitrogens with zero attached hydrogens (tertiary/aromatic N) is 1. The van der Waals surface area contributed by atoms with Crippen molar-refractivity contribution in [2.45, 2.75) is 57.4 Å². The highest BCUT2D eigenvalue weighted by atomic mass is 16.5. The van der Waals surface area contributed by atoms with Gasteiger partial charge < -0.3 is 19.9 Å². The van der Waals surface area contributed by atoms with Gasteiger partial charge in [0.1, 0.15) is 23.9 Å². The minimum Gasteiger partial charge on any atom is -0.508 e. The topological polar surface area (TPSA) is 54.0 Å². The molecule has 5 rings (SSSR count). The molecule has 1 unspecified atom stereocenters. The van der Waals surface area contributed by atoms with Crippen LogP contribution in [0.2, 0.25) is 0 Å². The van der Waals surface area contributed by atoms with E-state index < -0.39 is 0 Å². The van der Waals surface area contributed by atoms with Gasteiger partial charge in [-0.3, -0.25) is 4.90 Å². The predicted molar refractivity (Wildman–Crippen MR) is 150 cm³/mol. The second kappa shape index (κ2) is 12.4. The maximum atomic E-state index is 10.2. The zero-order valence-corrected chi connectivity index (χ0v) is 22.0. The highest BCUT2D eigenvalue weighted by Crippen LogP contribution is 2.38. The SMILES string of the molecule is COc1ccc2c(c1)CCC(c1ccc(O)cc1NCc1ccc(OCCN3CCCCCC3)cc1)C2. The van der Waals surface area contributed by atoms with Crippen LogP contribution in [-0.2, 0) is 19.4 Å². The number of phenolic OH excluding ortho intramolecular Hbond substituents is 1. The van der Waals surface area contributed by atoms with Crippen LogP contribution >= 0.6 is 0 Å². The van der Waals surface area contributed by atoms with Crippen molar-refractivity contribution in [2.75, 3.05) is 38.7 Å². The van der Waals surface area contributed by atoms with Crippen molar-refractivity contribution in [3.8, 4) is 17.2 Å². The maximum absolute atomic E-state index is 10.2. The van der Waals surface area contributed by atoms with Gasteiger partial charge in [-0.05, 0) is 104 Å². The first-order chi connectivity index (χ1) is 18.2. The zero-order chi connectivity index (χ0) is 25.5. The lowest BCUT2D eigenvalue weighted by Crippen LogP contribution is -2.29. The number of aryl methyl sites for hydroxylation is 1. The first-order valence-corrected chi connectivity index (χ1v) is 13.8. The Balaban J connectivity index is 1.17. The van der Waals surface area contributed by atoms with Crippen molar-refractivity contribution in [3.05, 3.63) is 82.9 Å². The molecule has 1 fully saturated rings. The van der Waals surface area contributed by atoms with Gasteiger partial charge in [0.25, 0.3) is 0 Å². The number of benzene rings is 3. The molecule has 1 aliphatic carbocycles. The summed E-state index contributed by atoms with van der Waals surface area (Å²) in [4.78, 5) is 2.53. The molecule has 1 saturated heterocycles. The van der Waals surface area contributed by atoms with Crippen LogP contribution in [0.25, 0.3) is 0 Å². The minimum atomic E-state index is 0.292. The molecule has 3 aromatic rings. The van der Waals surface area contributed by atoms with Crippen LogP contribution in [0.3, 0.4) is 0 Å². The molecule has 2 aliphatic rings. The van der Waals surface area contributed by atoms with Crippen molar-refractivity contribution in [2.24, 2.45) is 0 Å². The molecule has 0 spiro atoms. The van der Waals surface area contributed by atoms with Gasteiger partial charge in [0, 0.05) is 24.8 Å². The largest absolute Gasteiger partial charge is 0.508 e. The fourth-order valence-corrected chi connectivity index (χ4v) is 5.73. The third-order valence-corrected chi connectivity index (χ3v) is 7.90. The number of aromatic hydroxyl groups is 1. The van der Waals surface area contributed by atoms with Gasteiger partial charge in [0.15, 0.2) is 0 Å². The van der Waals surface area contributed by atoms with Crippen molar-refractivity contribution in [1.29, 1.82) is 0 Å². The molecule has 0 aromatic heterocycles. The number of likely N-dealkylation sites (tertiary alicyclic amines) is 1. The van der Waals surface area contributed by atoms with Gasteiger partial charge in [-0.1, -0.05) is 37.1 Å². The first kappa shape index (κ1) is 25.5. The van der Waals surface area contributed by atoms with E-state index in [1.165, 1.54) is 61.0 Å². The Morgan fingerprint density at radius 1 is 0.892 bits per heavy atom. The predicted octanol–water partition coefficient (Wildman–Crippen LogP) is 6.54. The molecule has 0 bridgehead atoms. The van der Waals surface area contributed by atoms with Gasteiger partial charge >= 0.3 is 0 Å². The summed E-state index contributed by atoms with van der Waals surface area (Å²) in [5.41, 5.74) is 6.25. The number of hydrogen-bond acceptors (Lipinski definition) is 5. The summed E-state index contributed by atoms with van der Waals surface area (Å²) in [7, 11) is 1.72. The molecule has 0 saturated carbocycles. The van der Waals surface area contributed by atoms with E-state index in [1.807, 2.05) is 12.1 Å². The molecule has 37 heavy (non-hydrogen) atoms. The molecule has 5 heteroatoms. The average molecular weight is 501 g/mol.